The Balaban J connectivity index is 3.86. The van der Waals surface area contributed by atoms with Gasteiger partial charge in [-0.3, -0.25) is 4.79 Å². The Morgan fingerprint density at radius 2 is 2.40 bits per heavy atom. The van der Waals surface area contributed by atoms with Crippen molar-refractivity contribution in [1.29, 1.82) is 0 Å². The summed E-state index contributed by atoms with van der Waals surface area (Å²) in [6, 6.07) is 0. The van der Waals surface area contributed by atoms with Gasteiger partial charge in [-0.15, -0.1) is 6.58 Å². The molecule has 0 aromatic carbocycles. The van der Waals surface area contributed by atoms with E-state index < -0.39 is 11.5 Å². The van der Waals surface area contributed by atoms with E-state index in [4.69, 9.17) is 10.8 Å². The number of hydrogen-bond acceptors (Lipinski definition) is 2. The zero-order chi connectivity index (χ0) is 8.20. The number of aliphatic carboxylic acids is 1. The van der Waals surface area contributed by atoms with Crippen molar-refractivity contribution in [2.75, 3.05) is 0 Å². The minimum absolute atomic E-state index is 0.436. The van der Waals surface area contributed by atoms with E-state index in [0.717, 1.165) is 0 Å². The molecule has 0 aliphatic heterocycles. The van der Waals surface area contributed by atoms with Gasteiger partial charge in [0, 0.05) is 0 Å². The van der Waals surface area contributed by atoms with Gasteiger partial charge in [0.05, 0.1) is 0 Å². The third-order valence-corrected chi connectivity index (χ3v) is 1.36. The van der Waals surface area contributed by atoms with Crippen molar-refractivity contribution in [3.8, 4) is 0 Å². The molecule has 0 rings (SSSR count). The van der Waals surface area contributed by atoms with E-state index in [9.17, 15) is 4.79 Å². The number of carboxylic acid groups (broad SMARTS) is 1. The van der Waals surface area contributed by atoms with Gasteiger partial charge < -0.3 is 10.8 Å². The predicted molar refractivity (Wildman–Crippen MR) is 39.7 cm³/mol. The third-order valence-electron chi connectivity index (χ3n) is 1.36. The first kappa shape index (κ1) is 9.17. The van der Waals surface area contributed by atoms with Gasteiger partial charge in [0.25, 0.3) is 0 Å². The van der Waals surface area contributed by atoms with Gasteiger partial charge in [-0.25, -0.2) is 0 Å². The summed E-state index contributed by atoms with van der Waals surface area (Å²) in [5.74, 6) is -0.964. The van der Waals surface area contributed by atoms with Gasteiger partial charge in [-0.1, -0.05) is 6.08 Å². The van der Waals surface area contributed by atoms with Crippen LogP contribution in [0.3, 0.4) is 0 Å². The molecule has 0 radical (unpaired) electrons. The summed E-state index contributed by atoms with van der Waals surface area (Å²) in [5, 5.41) is 8.51. The first-order chi connectivity index (χ1) is 4.50. The molecule has 0 aromatic rings. The number of nitrogens with two attached hydrogens (primary N) is 1. The Labute approximate surface area is 60.5 Å². The second-order valence-corrected chi connectivity index (χ2v) is 2.55. The number of carbonyl (C=O) groups is 1. The molecule has 0 aliphatic rings. The summed E-state index contributed by atoms with van der Waals surface area (Å²) in [4.78, 5) is 10.4. The first-order valence-electron chi connectivity index (χ1n) is 3.14. The molecule has 0 saturated carbocycles. The van der Waals surface area contributed by atoms with Gasteiger partial charge in [0.1, 0.15) is 5.54 Å². The van der Waals surface area contributed by atoms with Crippen LogP contribution >= 0.6 is 0 Å². The number of allylic oxidation sites excluding steroid dienone is 1. The van der Waals surface area contributed by atoms with E-state index in [1.165, 1.54) is 6.92 Å². The molecule has 0 fully saturated rings. The van der Waals surface area contributed by atoms with Crippen LogP contribution in [-0.2, 0) is 4.79 Å². The quantitative estimate of drug-likeness (QED) is 0.571. The van der Waals surface area contributed by atoms with Crippen molar-refractivity contribution in [2.45, 2.75) is 25.3 Å². The molecular formula is C7H13NO2. The maximum Gasteiger partial charge on any atom is 0.323 e. The van der Waals surface area contributed by atoms with Crippen LogP contribution in [0.1, 0.15) is 19.8 Å². The minimum atomic E-state index is -1.10. The van der Waals surface area contributed by atoms with Gasteiger partial charge in [-0.2, -0.15) is 0 Å². The van der Waals surface area contributed by atoms with Gasteiger partial charge in [-0.05, 0) is 19.8 Å². The maximum absolute atomic E-state index is 10.4. The molecule has 10 heavy (non-hydrogen) atoms. The van der Waals surface area contributed by atoms with Crippen molar-refractivity contribution in [3.05, 3.63) is 12.7 Å². The molecule has 0 aliphatic carbocycles. The average Bonchev–Trinajstić information content (AvgIpc) is 1.84. The molecule has 3 heteroatoms. The van der Waals surface area contributed by atoms with Crippen LogP contribution in [0.15, 0.2) is 12.7 Å². The highest BCUT2D eigenvalue weighted by molar-refractivity contribution is 5.77. The summed E-state index contributed by atoms with van der Waals surface area (Å²) < 4.78 is 0. The molecule has 0 bridgehead atoms. The molecule has 58 valence electrons. The molecule has 0 heterocycles. The Kier molecular flexibility index (Phi) is 3.09. The average molecular weight is 143 g/mol. The van der Waals surface area contributed by atoms with Crippen molar-refractivity contribution >= 4 is 5.97 Å². The smallest absolute Gasteiger partial charge is 0.323 e. The minimum Gasteiger partial charge on any atom is -0.480 e. The molecule has 0 amide bonds. The first-order valence-corrected chi connectivity index (χ1v) is 3.14. The molecule has 0 spiro atoms. The number of hydrogen-bond donors (Lipinski definition) is 2. The van der Waals surface area contributed by atoms with E-state index in [2.05, 4.69) is 6.58 Å². The van der Waals surface area contributed by atoms with E-state index in [1.807, 2.05) is 0 Å². The summed E-state index contributed by atoms with van der Waals surface area (Å²) in [7, 11) is 0. The fourth-order valence-corrected chi connectivity index (χ4v) is 0.509. The Morgan fingerprint density at radius 3 is 2.70 bits per heavy atom. The maximum atomic E-state index is 10.4. The third kappa shape index (κ3) is 2.64. The van der Waals surface area contributed by atoms with E-state index >= 15 is 0 Å². The summed E-state index contributed by atoms with van der Waals surface area (Å²) in [6.45, 7) is 4.97. The van der Waals surface area contributed by atoms with E-state index in [0.29, 0.717) is 12.8 Å². The van der Waals surface area contributed by atoms with Crippen LogP contribution in [0, 0.1) is 0 Å². The van der Waals surface area contributed by atoms with Crippen molar-refractivity contribution in [3.63, 3.8) is 0 Å². The fourth-order valence-electron chi connectivity index (χ4n) is 0.509. The lowest BCUT2D eigenvalue weighted by molar-refractivity contribution is -0.142. The van der Waals surface area contributed by atoms with Crippen LogP contribution in [0.25, 0.3) is 0 Å². The van der Waals surface area contributed by atoms with Crippen molar-refractivity contribution in [1.82, 2.24) is 0 Å². The largest absolute Gasteiger partial charge is 0.480 e. The van der Waals surface area contributed by atoms with E-state index in [1.54, 1.807) is 6.08 Å². The normalized spacial score (nSPS) is 15.8. The molecular weight excluding hydrogens is 130 g/mol. The molecule has 1 atom stereocenters. The second kappa shape index (κ2) is 3.37. The lowest BCUT2D eigenvalue weighted by Gasteiger charge is -2.17. The highest BCUT2D eigenvalue weighted by Crippen LogP contribution is 2.08. The Hall–Kier alpha value is -0.830. The summed E-state index contributed by atoms with van der Waals surface area (Å²) in [5.41, 5.74) is 4.30. The van der Waals surface area contributed by atoms with Crippen LogP contribution in [0.4, 0.5) is 0 Å². The molecule has 0 unspecified atom stereocenters. The Bertz CT molecular complexity index is 141. The lowest BCUT2D eigenvalue weighted by Crippen LogP contribution is -2.44. The zero-order valence-electron chi connectivity index (χ0n) is 6.13. The van der Waals surface area contributed by atoms with Crippen molar-refractivity contribution < 1.29 is 9.90 Å². The Morgan fingerprint density at radius 1 is 1.90 bits per heavy atom. The summed E-state index contributed by atoms with van der Waals surface area (Å²) >= 11 is 0. The zero-order valence-corrected chi connectivity index (χ0v) is 6.13. The van der Waals surface area contributed by atoms with Gasteiger partial charge in [0.15, 0.2) is 0 Å². The van der Waals surface area contributed by atoms with Crippen LogP contribution in [0.5, 0.6) is 0 Å². The van der Waals surface area contributed by atoms with Gasteiger partial charge >= 0.3 is 5.97 Å². The lowest BCUT2D eigenvalue weighted by atomic mass is 9.98. The molecule has 3 nitrogen and oxygen atoms in total. The second-order valence-electron chi connectivity index (χ2n) is 2.55. The van der Waals surface area contributed by atoms with Gasteiger partial charge in [0.2, 0.25) is 0 Å². The van der Waals surface area contributed by atoms with E-state index in [-0.39, 0.29) is 0 Å². The highest BCUT2D eigenvalue weighted by Gasteiger charge is 2.26. The fraction of sp³-hybridized carbons (Fsp3) is 0.571. The highest BCUT2D eigenvalue weighted by atomic mass is 16.4. The number of carboxylic acids is 1. The molecule has 3 N–H and O–H groups in total. The molecule has 0 aromatic heterocycles. The molecule has 0 saturated heterocycles. The summed E-state index contributed by atoms with van der Waals surface area (Å²) in [6.07, 6.45) is 2.74. The topological polar surface area (TPSA) is 63.3 Å². The van der Waals surface area contributed by atoms with Crippen molar-refractivity contribution in [2.24, 2.45) is 5.73 Å². The number of rotatable bonds is 4. The SMILES string of the molecule is C=CCC[C@@](C)(N)C(=O)O. The predicted octanol–water partition coefficient (Wildman–Crippen LogP) is 0.755. The van der Waals surface area contributed by atoms with Crippen LogP contribution in [0.2, 0.25) is 0 Å². The standard InChI is InChI=1S/C7H13NO2/c1-3-4-5-7(2,8)6(9)10/h3H,1,4-5,8H2,2H3,(H,9,10)/t7-/m1/s1. The van der Waals surface area contributed by atoms with Crippen LogP contribution < -0.4 is 5.73 Å². The monoisotopic (exact) mass is 143 g/mol. The van der Waals surface area contributed by atoms with Crippen LogP contribution in [-0.4, -0.2) is 16.6 Å².